The maximum absolute atomic E-state index is 11.0. The summed E-state index contributed by atoms with van der Waals surface area (Å²) in [6, 6.07) is 4.61. The van der Waals surface area contributed by atoms with Gasteiger partial charge in [-0.15, -0.1) is 0 Å². The van der Waals surface area contributed by atoms with Crippen LogP contribution in [0.4, 0.5) is 0 Å². The summed E-state index contributed by atoms with van der Waals surface area (Å²) >= 11 is 0. The second kappa shape index (κ2) is 3.24. The molecule has 0 radical (unpaired) electrons. The molecule has 15 heavy (non-hydrogen) atoms. The van der Waals surface area contributed by atoms with E-state index < -0.39 is 11.6 Å². The lowest BCUT2D eigenvalue weighted by molar-refractivity contribution is -0.161. The van der Waals surface area contributed by atoms with Crippen molar-refractivity contribution in [2.75, 3.05) is 0 Å². The summed E-state index contributed by atoms with van der Waals surface area (Å²) in [4.78, 5) is 11.0. The second-order valence-electron chi connectivity index (χ2n) is 3.82. The Labute approximate surface area is 86.8 Å². The summed E-state index contributed by atoms with van der Waals surface area (Å²) in [7, 11) is 0. The molecule has 4 heteroatoms. The smallest absolute Gasteiger partial charge is 0.340 e. The van der Waals surface area contributed by atoms with E-state index in [2.05, 4.69) is 0 Å². The fraction of sp³-hybridized carbons (Fsp3) is 0.364. The van der Waals surface area contributed by atoms with E-state index in [1.165, 1.54) is 6.07 Å². The first-order chi connectivity index (χ1) is 7.05. The molecule has 0 heterocycles. The van der Waals surface area contributed by atoms with Crippen molar-refractivity contribution >= 4 is 5.97 Å². The predicted octanol–water partition coefficient (Wildman–Crippen LogP) is 1.00. The highest BCUT2D eigenvalue weighted by Crippen LogP contribution is 2.39. The Hall–Kier alpha value is -1.55. The molecule has 0 spiro atoms. The molecule has 1 aliphatic rings. The number of phenolic OH excluding ortho intramolecular Hbond substituents is 1. The Balaban J connectivity index is 2.61. The summed E-state index contributed by atoms with van der Waals surface area (Å²) in [5.41, 5.74) is -0.971. The van der Waals surface area contributed by atoms with Gasteiger partial charge in [0.2, 0.25) is 0 Å². The van der Waals surface area contributed by atoms with Crippen molar-refractivity contribution in [3.8, 4) is 5.75 Å². The number of rotatable bonds is 1. The van der Waals surface area contributed by atoms with Crippen molar-refractivity contribution in [1.82, 2.24) is 0 Å². The number of benzene rings is 1. The summed E-state index contributed by atoms with van der Waals surface area (Å²) < 4.78 is 0. The standard InChI is InChI=1S/C11H12O4/c12-9-5-1-4-8-7(9)3-2-6-11(8,15)10(13)14/h1,4-5,12,15H,2-3,6H2,(H,13,14). The topological polar surface area (TPSA) is 77.8 Å². The lowest BCUT2D eigenvalue weighted by Crippen LogP contribution is -2.38. The zero-order valence-electron chi connectivity index (χ0n) is 8.10. The average molecular weight is 208 g/mol. The monoisotopic (exact) mass is 208 g/mol. The molecule has 3 N–H and O–H groups in total. The highest BCUT2D eigenvalue weighted by atomic mass is 16.4. The molecule has 0 amide bonds. The van der Waals surface area contributed by atoms with Crippen LogP contribution in [0.5, 0.6) is 5.75 Å². The van der Waals surface area contributed by atoms with E-state index in [-0.39, 0.29) is 12.2 Å². The average Bonchev–Trinajstić information content (AvgIpc) is 2.20. The first-order valence-corrected chi connectivity index (χ1v) is 4.83. The lowest BCUT2D eigenvalue weighted by Gasteiger charge is -2.30. The van der Waals surface area contributed by atoms with Crippen LogP contribution < -0.4 is 0 Å². The van der Waals surface area contributed by atoms with Gasteiger partial charge >= 0.3 is 5.97 Å². The van der Waals surface area contributed by atoms with Crippen molar-refractivity contribution in [2.24, 2.45) is 0 Å². The van der Waals surface area contributed by atoms with Gasteiger partial charge in [-0.05, 0) is 25.3 Å². The van der Waals surface area contributed by atoms with Crippen LogP contribution in [0.2, 0.25) is 0 Å². The number of aromatic hydroxyl groups is 1. The number of hydrogen-bond acceptors (Lipinski definition) is 3. The Morgan fingerprint density at radius 1 is 1.40 bits per heavy atom. The van der Waals surface area contributed by atoms with Gasteiger partial charge in [0.25, 0.3) is 0 Å². The molecule has 0 aliphatic heterocycles. The summed E-state index contributed by atoms with van der Waals surface area (Å²) in [5.74, 6) is -1.19. The molecule has 0 saturated carbocycles. The van der Waals surface area contributed by atoms with Gasteiger partial charge in [0, 0.05) is 11.1 Å². The number of carboxylic acids is 1. The molecule has 0 bridgehead atoms. The van der Waals surface area contributed by atoms with Crippen LogP contribution in [-0.4, -0.2) is 21.3 Å². The van der Waals surface area contributed by atoms with E-state index in [1.54, 1.807) is 12.1 Å². The maximum Gasteiger partial charge on any atom is 0.340 e. The number of hydrogen-bond donors (Lipinski definition) is 3. The molecule has 0 fully saturated rings. The molecule has 4 nitrogen and oxygen atoms in total. The van der Waals surface area contributed by atoms with E-state index in [9.17, 15) is 15.0 Å². The third-order valence-corrected chi connectivity index (χ3v) is 2.92. The fourth-order valence-corrected chi connectivity index (χ4v) is 2.10. The molecule has 0 saturated heterocycles. The van der Waals surface area contributed by atoms with Crippen LogP contribution >= 0.6 is 0 Å². The van der Waals surface area contributed by atoms with E-state index in [0.717, 1.165) is 0 Å². The number of aliphatic hydroxyl groups is 1. The highest BCUT2D eigenvalue weighted by molar-refractivity contribution is 5.80. The Morgan fingerprint density at radius 2 is 2.13 bits per heavy atom. The minimum atomic E-state index is -1.84. The third kappa shape index (κ3) is 1.37. The van der Waals surface area contributed by atoms with Crippen molar-refractivity contribution in [2.45, 2.75) is 24.9 Å². The molecule has 2 rings (SSSR count). The molecule has 80 valence electrons. The summed E-state index contributed by atoms with van der Waals surface area (Å²) in [6.45, 7) is 0. The number of aliphatic carboxylic acids is 1. The Kier molecular flexibility index (Phi) is 2.16. The summed E-state index contributed by atoms with van der Waals surface area (Å²) in [6.07, 6.45) is 1.36. The number of fused-ring (bicyclic) bond motifs is 1. The van der Waals surface area contributed by atoms with Gasteiger partial charge in [0.15, 0.2) is 5.60 Å². The quantitative estimate of drug-likeness (QED) is 0.643. The number of phenols is 1. The van der Waals surface area contributed by atoms with Crippen LogP contribution in [0, 0.1) is 0 Å². The fourth-order valence-electron chi connectivity index (χ4n) is 2.10. The van der Waals surface area contributed by atoms with Crippen molar-refractivity contribution < 1.29 is 20.1 Å². The van der Waals surface area contributed by atoms with E-state index in [0.29, 0.717) is 24.0 Å². The molecule has 1 aromatic carbocycles. The normalized spacial score (nSPS) is 24.6. The molecular weight excluding hydrogens is 196 g/mol. The van der Waals surface area contributed by atoms with Crippen LogP contribution in [-0.2, 0) is 16.8 Å². The van der Waals surface area contributed by atoms with Gasteiger partial charge in [-0.2, -0.15) is 0 Å². The zero-order chi connectivity index (χ0) is 11.1. The van der Waals surface area contributed by atoms with E-state index in [1.807, 2.05) is 0 Å². The van der Waals surface area contributed by atoms with Crippen LogP contribution in [0.1, 0.15) is 24.0 Å². The van der Waals surface area contributed by atoms with Gasteiger partial charge in [-0.25, -0.2) is 4.79 Å². The van der Waals surface area contributed by atoms with Crippen LogP contribution in [0.15, 0.2) is 18.2 Å². The highest BCUT2D eigenvalue weighted by Gasteiger charge is 2.42. The maximum atomic E-state index is 11.0. The predicted molar refractivity (Wildman–Crippen MR) is 52.6 cm³/mol. The van der Waals surface area contributed by atoms with Gasteiger partial charge < -0.3 is 15.3 Å². The SMILES string of the molecule is O=C(O)C1(O)CCCc2c(O)cccc21. The number of carboxylic acid groups (broad SMARTS) is 1. The van der Waals surface area contributed by atoms with Crippen LogP contribution in [0.3, 0.4) is 0 Å². The molecule has 1 aliphatic carbocycles. The van der Waals surface area contributed by atoms with Crippen molar-refractivity contribution in [1.29, 1.82) is 0 Å². The minimum Gasteiger partial charge on any atom is -0.508 e. The van der Waals surface area contributed by atoms with Crippen molar-refractivity contribution in [3.05, 3.63) is 29.3 Å². The molecule has 1 unspecified atom stereocenters. The first-order valence-electron chi connectivity index (χ1n) is 4.83. The summed E-state index contributed by atoms with van der Waals surface area (Å²) in [5, 5.41) is 28.6. The Bertz CT molecular complexity index is 413. The largest absolute Gasteiger partial charge is 0.508 e. The van der Waals surface area contributed by atoms with Gasteiger partial charge in [-0.3, -0.25) is 0 Å². The molecule has 1 aromatic rings. The minimum absolute atomic E-state index is 0.0619. The molecule has 0 aromatic heterocycles. The molecule has 1 atom stereocenters. The van der Waals surface area contributed by atoms with Gasteiger partial charge in [0.1, 0.15) is 5.75 Å². The zero-order valence-corrected chi connectivity index (χ0v) is 8.10. The van der Waals surface area contributed by atoms with E-state index in [4.69, 9.17) is 5.11 Å². The Morgan fingerprint density at radius 3 is 2.80 bits per heavy atom. The van der Waals surface area contributed by atoms with E-state index >= 15 is 0 Å². The second-order valence-corrected chi connectivity index (χ2v) is 3.82. The van der Waals surface area contributed by atoms with Gasteiger partial charge in [0.05, 0.1) is 0 Å². The molecular formula is C11H12O4. The first kappa shape index (κ1) is 9.98. The van der Waals surface area contributed by atoms with Gasteiger partial charge in [-0.1, -0.05) is 12.1 Å². The number of carbonyl (C=O) groups is 1. The van der Waals surface area contributed by atoms with Crippen molar-refractivity contribution in [3.63, 3.8) is 0 Å². The lowest BCUT2D eigenvalue weighted by atomic mass is 9.79. The van der Waals surface area contributed by atoms with Crippen LogP contribution in [0.25, 0.3) is 0 Å². The third-order valence-electron chi connectivity index (χ3n) is 2.92.